The van der Waals surface area contributed by atoms with Gasteiger partial charge in [-0.25, -0.2) is 0 Å². The molecule has 1 aromatic carbocycles. The fraction of sp³-hybridized carbons (Fsp3) is 0.375. The first-order valence-electron chi connectivity index (χ1n) is 7.21. The van der Waals surface area contributed by atoms with E-state index < -0.39 is 22.7 Å². The molecule has 0 spiro atoms. The van der Waals surface area contributed by atoms with Gasteiger partial charge in [-0.05, 0) is 23.8 Å². The lowest BCUT2D eigenvalue weighted by Crippen LogP contribution is -2.35. The molecule has 0 aliphatic heterocycles. The zero-order valence-electron chi connectivity index (χ0n) is 13.2. The third kappa shape index (κ3) is 6.62. The van der Waals surface area contributed by atoms with Crippen LogP contribution >= 0.6 is 11.6 Å². The minimum Gasteiger partial charge on any atom is -0.354 e. The highest BCUT2D eigenvalue weighted by Gasteiger charge is 2.33. The van der Waals surface area contributed by atoms with Gasteiger partial charge in [0, 0.05) is 25.1 Å². The average Bonchev–Trinajstić information content (AvgIpc) is 2.49. The summed E-state index contributed by atoms with van der Waals surface area (Å²) < 4.78 is 38.2. The normalized spacial score (nSPS) is 11.8. The number of hydrogen-bond donors (Lipinski definition) is 2. The topological polar surface area (TPSA) is 58.2 Å². The van der Waals surface area contributed by atoms with Gasteiger partial charge in [0.2, 0.25) is 11.8 Å². The zero-order valence-corrected chi connectivity index (χ0v) is 14.0. The number of rotatable bonds is 6. The first kappa shape index (κ1) is 20.0. The summed E-state index contributed by atoms with van der Waals surface area (Å²) in [5, 5.41) is 4.74. The highest BCUT2D eigenvalue weighted by molar-refractivity contribution is 6.31. The van der Waals surface area contributed by atoms with E-state index in [-0.39, 0.29) is 30.5 Å². The first-order valence-corrected chi connectivity index (χ1v) is 7.59. The van der Waals surface area contributed by atoms with Gasteiger partial charge in [0.1, 0.15) is 0 Å². The van der Waals surface area contributed by atoms with E-state index in [9.17, 15) is 22.8 Å². The number of hydrogen-bond acceptors (Lipinski definition) is 2. The molecule has 0 fully saturated rings. The molecule has 0 aliphatic rings. The van der Waals surface area contributed by atoms with Crippen molar-refractivity contribution >= 4 is 29.5 Å². The van der Waals surface area contributed by atoms with Crippen LogP contribution in [0.2, 0.25) is 5.02 Å². The molecule has 0 bridgehead atoms. The Kier molecular flexibility index (Phi) is 7.28. The van der Waals surface area contributed by atoms with Crippen LogP contribution in [0.15, 0.2) is 24.3 Å². The van der Waals surface area contributed by atoms with E-state index in [1.54, 1.807) is 13.8 Å². The predicted octanol–water partition coefficient (Wildman–Crippen LogP) is 3.26. The molecule has 0 radical (unpaired) electrons. The van der Waals surface area contributed by atoms with Gasteiger partial charge in [-0.3, -0.25) is 9.59 Å². The van der Waals surface area contributed by atoms with Crippen LogP contribution in [0.1, 0.15) is 25.0 Å². The van der Waals surface area contributed by atoms with Crippen LogP contribution in [0.5, 0.6) is 0 Å². The van der Waals surface area contributed by atoms with Gasteiger partial charge >= 0.3 is 6.18 Å². The quantitative estimate of drug-likeness (QED) is 0.603. The molecule has 0 aromatic heterocycles. The fourth-order valence-corrected chi connectivity index (χ4v) is 1.89. The van der Waals surface area contributed by atoms with Crippen molar-refractivity contribution < 1.29 is 22.8 Å². The third-order valence-electron chi connectivity index (χ3n) is 2.97. The van der Waals surface area contributed by atoms with Crippen LogP contribution in [-0.4, -0.2) is 24.9 Å². The molecule has 132 valence electrons. The van der Waals surface area contributed by atoms with E-state index >= 15 is 0 Å². The van der Waals surface area contributed by atoms with Gasteiger partial charge in [-0.15, -0.1) is 0 Å². The molecule has 0 unspecified atom stereocenters. The Morgan fingerprint density at radius 3 is 2.42 bits per heavy atom. The molecule has 2 amide bonds. The van der Waals surface area contributed by atoms with Crippen molar-refractivity contribution in [2.45, 2.75) is 20.0 Å². The van der Waals surface area contributed by atoms with Crippen molar-refractivity contribution in [2.75, 3.05) is 13.1 Å². The Balaban J connectivity index is 2.54. The van der Waals surface area contributed by atoms with Gasteiger partial charge in [0.05, 0.1) is 10.6 Å². The second kappa shape index (κ2) is 8.73. The maximum Gasteiger partial charge on any atom is 0.417 e. The van der Waals surface area contributed by atoms with Crippen molar-refractivity contribution in [3.63, 3.8) is 0 Å². The fourth-order valence-electron chi connectivity index (χ4n) is 1.67. The number of amides is 2. The molecule has 2 N–H and O–H groups in total. The molecular formula is C16H18ClF3N2O2. The smallest absolute Gasteiger partial charge is 0.354 e. The molecule has 0 saturated carbocycles. The van der Waals surface area contributed by atoms with Gasteiger partial charge in [0.25, 0.3) is 0 Å². The number of nitrogens with one attached hydrogen (secondary N) is 2. The largest absolute Gasteiger partial charge is 0.417 e. The molecule has 8 heteroatoms. The molecule has 0 aliphatic carbocycles. The minimum absolute atomic E-state index is 0.124. The van der Waals surface area contributed by atoms with Crippen molar-refractivity contribution in [3.8, 4) is 0 Å². The van der Waals surface area contributed by atoms with Crippen molar-refractivity contribution in [1.82, 2.24) is 10.6 Å². The van der Waals surface area contributed by atoms with Crippen LogP contribution in [0.3, 0.4) is 0 Å². The summed E-state index contributed by atoms with van der Waals surface area (Å²) >= 11 is 5.52. The third-order valence-corrected chi connectivity index (χ3v) is 3.30. The van der Waals surface area contributed by atoms with Gasteiger partial charge in [-0.2, -0.15) is 13.2 Å². The Hall–Kier alpha value is -2.02. The van der Waals surface area contributed by atoms with Crippen molar-refractivity contribution in [3.05, 3.63) is 40.4 Å². The van der Waals surface area contributed by atoms with E-state index in [0.717, 1.165) is 18.2 Å². The molecule has 4 nitrogen and oxygen atoms in total. The molecule has 0 atom stereocenters. The zero-order chi connectivity index (χ0) is 18.3. The highest BCUT2D eigenvalue weighted by atomic mass is 35.5. The minimum atomic E-state index is -4.56. The Bertz CT molecular complexity index is 628. The Labute approximate surface area is 143 Å². The number of benzene rings is 1. The SMILES string of the molecule is CC(C)C(=O)NCCNC(=O)C=Cc1ccc(Cl)c(C(F)(F)F)c1. The molecule has 1 rings (SSSR count). The highest BCUT2D eigenvalue weighted by Crippen LogP contribution is 2.35. The summed E-state index contributed by atoms with van der Waals surface area (Å²) in [5.74, 6) is -0.744. The lowest BCUT2D eigenvalue weighted by molar-refractivity contribution is -0.137. The maximum absolute atomic E-state index is 12.7. The number of carbonyl (C=O) groups excluding carboxylic acids is 2. The lowest BCUT2D eigenvalue weighted by Gasteiger charge is -2.09. The summed E-state index contributed by atoms with van der Waals surface area (Å²) in [6.45, 7) is 3.99. The van der Waals surface area contributed by atoms with Gasteiger partial charge in [0.15, 0.2) is 0 Å². The van der Waals surface area contributed by atoms with Crippen LogP contribution in [0, 0.1) is 5.92 Å². The van der Waals surface area contributed by atoms with Crippen molar-refractivity contribution in [2.24, 2.45) is 5.92 Å². The van der Waals surface area contributed by atoms with Crippen LogP contribution in [0.25, 0.3) is 6.08 Å². The summed E-state index contributed by atoms with van der Waals surface area (Å²) in [6.07, 6.45) is -2.18. The van der Waals surface area contributed by atoms with Crippen LogP contribution in [0.4, 0.5) is 13.2 Å². The number of carbonyl (C=O) groups is 2. The maximum atomic E-state index is 12.7. The summed E-state index contributed by atoms with van der Waals surface area (Å²) in [4.78, 5) is 22.9. The van der Waals surface area contributed by atoms with E-state index in [2.05, 4.69) is 10.6 Å². The van der Waals surface area contributed by atoms with Gasteiger partial charge < -0.3 is 10.6 Å². The lowest BCUT2D eigenvalue weighted by atomic mass is 10.1. The van der Waals surface area contributed by atoms with Gasteiger partial charge in [-0.1, -0.05) is 31.5 Å². The van der Waals surface area contributed by atoms with Crippen LogP contribution < -0.4 is 10.6 Å². The van der Waals surface area contributed by atoms with E-state index in [1.165, 1.54) is 12.1 Å². The van der Waals surface area contributed by atoms with E-state index in [1.807, 2.05) is 0 Å². The summed E-state index contributed by atoms with van der Waals surface area (Å²) in [7, 11) is 0. The molecule has 24 heavy (non-hydrogen) atoms. The Morgan fingerprint density at radius 1 is 1.21 bits per heavy atom. The first-order chi connectivity index (χ1) is 11.1. The van der Waals surface area contributed by atoms with Crippen molar-refractivity contribution in [1.29, 1.82) is 0 Å². The molecule has 1 aromatic rings. The second-order valence-corrected chi connectivity index (χ2v) is 5.71. The molecule has 0 saturated heterocycles. The average molecular weight is 363 g/mol. The predicted molar refractivity (Wildman–Crippen MR) is 86.3 cm³/mol. The molecule has 0 heterocycles. The number of halogens is 4. The number of alkyl halides is 3. The second-order valence-electron chi connectivity index (χ2n) is 5.31. The van der Waals surface area contributed by atoms with E-state index in [0.29, 0.717) is 0 Å². The van der Waals surface area contributed by atoms with Crippen LogP contribution in [-0.2, 0) is 15.8 Å². The van der Waals surface area contributed by atoms with E-state index in [4.69, 9.17) is 11.6 Å². The molecular weight excluding hydrogens is 345 g/mol. The monoisotopic (exact) mass is 362 g/mol. The standard InChI is InChI=1S/C16H18ClF3N2O2/c1-10(2)15(24)22-8-7-21-14(23)6-4-11-3-5-13(17)12(9-11)16(18,19)20/h3-6,9-10H,7-8H2,1-2H3,(H,21,23)(H,22,24). The summed E-state index contributed by atoms with van der Waals surface area (Å²) in [5.41, 5.74) is -0.752. The summed E-state index contributed by atoms with van der Waals surface area (Å²) in [6, 6.07) is 3.38. The Morgan fingerprint density at radius 2 is 1.83 bits per heavy atom.